The van der Waals surface area contributed by atoms with Crippen molar-refractivity contribution in [2.45, 2.75) is 39.7 Å². The van der Waals surface area contributed by atoms with Crippen LogP contribution in [0.4, 0.5) is 5.82 Å². The fraction of sp³-hybridized carbons (Fsp3) is 0.429. The molecule has 2 heterocycles. The summed E-state index contributed by atoms with van der Waals surface area (Å²) in [6.07, 6.45) is 0. The van der Waals surface area contributed by atoms with Crippen molar-refractivity contribution in [2.24, 2.45) is 0 Å². The van der Waals surface area contributed by atoms with E-state index < -0.39 is 0 Å². The Hall–Kier alpha value is -1.13. The highest BCUT2D eigenvalue weighted by Crippen LogP contribution is 2.23. The molecule has 0 amide bonds. The molecule has 0 fully saturated rings. The number of aryl methyl sites for hydroxylation is 1. The third-order valence-corrected chi connectivity index (χ3v) is 3.89. The van der Waals surface area contributed by atoms with E-state index in [1.165, 1.54) is 11.1 Å². The summed E-state index contributed by atoms with van der Waals surface area (Å²) in [6.45, 7) is 9.09. The van der Waals surface area contributed by atoms with Gasteiger partial charge in [0.15, 0.2) is 0 Å². The van der Waals surface area contributed by atoms with Crippen LogP contribution in [-0.4, -0.2) is 9.97 Å². The number of hydrogen-bond donors (Lipinski definition) is 1. The first kappa shape index (κ1) is 14.3. The van der Waals surface area contributed by atoms with Crippen LogP contribution in [-0.2, 0) is 12.0 Å². The van der Waals surface area contributed by atoms with Crippen molar-refractivity contribution in [3.05, 3.63) is 38.9 Å². The highest BCUT2D eigenvalue weighted by molar-refractivity contribution is 7.08. The van der Waals surface area contributed by atoms with Crippen LogP contribution in [0.25, 0.3) is 0 Å². The van der Waals surface area contributed by atoms with Crippen LogP contribution in [0.2, 0.25) is 5.15 Å². The number of anilines is 1. The fourth-order valence-electron chi connectivity index (χ4n) is 1.60. The molecule has 2 aromatic rings. The minimum Gasteiger partial charge on any atom is -0.366 e. The fourth-order valence-corrected chi connectivity index (χ4v) is 2.64. The Balaban J connectivity index is 2.17. The average Bonchev–Trinajstić information content (AvgIpc) is 2.70. The SMILES string of the molecule is Cc1cscc1CNc1cc(Cl)nc(C(C)(C)C)n1. The topological polar surface area (TPSA) is 37.8 Å². The van der Waals surface area contributed by atoms with Gasteiger partial charge in [-0.2, -0.15) is 11.3 Å². The second kappa shape index (κ2) is 5.47. The second-order valence-electron chi connectivity index (χ2n) is 5.58. The first-order valence-electron chi connectivity index (χ1n) is 6.17. The second-order valence-corrected chi connectivity index (χ2v) is 6.71. The van der Waals surface area contributed by atoms with Gasteiger partial charge < -0.3 is 5.32 Å². The molecule has 0 aliphatic rings. The molecule has 0 spiro atoms. The van der Waals surface area contributed by atoms with E-state index in [1.807, 2.05) is 0 Å². The maximum atomic E-state index is 6.06. The number of nitrogens with zero attached hydrogens (tertiary/aromatic N) is 2. The van der Waals surface area contributed by atoms with Gasteiger partial charge in [-0.3, -0.25) is 0 Å². The van der Waals surface area contributed by atoms with Gasteiger partial charge in [-0.05, 0) is 28.8 Å². The van der Waals surface area contributed by atoms with E-state index in [4.69, 9.17) is 11.6 Å². The van der Waals surface area contributed by atoms with Gasteiger partial charge in [-0.1, -0.05) is 32.4 Å². The summed E-state index contributed by atoms with van der Waals surface area (Å²) in [7, 11) is 0. The number of aromatic nitrogens is 2. The molecule has 0 saturated carbocycles. The summed E-state index contributed by atoms with van der Waals surface area (Å²) in [6, 6.07) is 1.76. The van der Waals surface area contributed by atoms with E-state index in [2.05, 4.69) is 53.7 Å². The van der Waals surface area contributed by atoms with Crippen LogP contribution in [0.15, 0.2) is 16.8 Å². The minimum atomic E-state index is -0.111. The van der Waals surface area contributed by atoms with E-state index in [0.717, 1.165) is 18.2 Å². The largest absolute Gasteiger partial charge is 0.366 e. The predicted molar refractivity (Wildman–Crippen MR) is 82.1 cm³/mol. The van der Waals surface area contributed by atoms with Gasteiger partial charge >= 0.3 is 0 Å². The van der Waals surface area contributed by atoms with Crippen LogP contribution in [0, 0.1) is 6.92 Å². The highest BCUT2D eigenvalue weighted by atomic mass is 35.5. The zero-order valence-electron chi connectivity index (χ0n) is 11.6. The molecule has 5 heteroatoms. The van der Waals surface area contributed by atoms with E-state index in [0.29, 0.717) is 5.15 Å². The lowest BCUT2D eigenvalue weighted by Crippen LogP contribution is -2.17. The summed E-state index contributed by atoms with van der Waals surface area (Å²) in [5, 5.41) is 8.08. The maximum Gasteiger partial charge on any atom is 0.137 e. The van der Waals surface area contributed by atoms with Crippen molar-refractivity contribution in [3.63, 3.8) is 0 Å². The quantitative estimate of drug-likeness (QED) is 0.852. The van der Waals surface area contributed by atoms with Crippen LogP contribution in [0.3, 0.4) is 0 Å². The molecule has 1 N–H and O–H groups in total. The molecule has 2 rings (SSSR count). The zero-order chi connectivity index (χ0) is 14.0. The summed E-state index contributed by atoms with van der Waals surface area (Å²) >= 11 is 7.77. The monoisotopic (exact) mass is 295 g/mol. The lowest BCUT2D eigenvalue weighted by Gasteiger charge is -2.17. The standard InChI is InChI=1S/C14H18ClN3S/c1-9-7-19-8-10(9)6-16-12-5-11(15)17-13(18-12)14(2,3)4/h5,7-8H,6H2,1-4H3,(H,16,17,18). The van der Waals surface area contributed by atoms with Crippen LogP contribution in [0.5, 0.6) is 0 Å². The molecule has 0 atom stereocenters. The lowest BCUT2D eigenvalue weighted by molar-refractivity contribution is 0.546. The molecule has 3 nitrogen and oxygen atoms in total. The van der Waals surface area contributed by atoms with Crippen LogP contribution < -0.4 is 5.32 Å². The van der Waals surface area contributed by atoms with Gasteiger partial charge in [-0.25, -0.2) is 9.97 Å². The number of thiophene rings is 1. The molecular formula is C14H18ClN3S. The summed E-state index contributed by atoms with van der Waals surface area (Å²) in [4.78, 5) is 8.81. The first-order chi connectivity index (χ1) is 8.86. The Morgan fingerprint density at radius 2 is 2.00 bits per heavy atom. The predicted octanol–water partition coefficient (Wildman–Crippen LogP) is 4.41. The van der Waals surface area contributed by atoms with Gasteiger partial charge in [0.05, 0.1) is 0 Å². The van der Waals surface area contributed by atoms with Crippen molar-refractivity contribution in [1.29, 1.82) is 0 Å². The van der Waals surface area contributed by atoms with E-state index >= 15 is 0 Å². The molecule has 0 unspecified atom stereocenters. The summed E-state index contributed by atoms with van der Waals surface area (Å²) in [5.41, 5.74) is 2.48. The van der Waals surface area contributed by atoms with Crippen molar-refractivity contribution in [3.8, 4) is 0 Å². The molecule has 19 heavy (non-hydrogen) atoms. The molecule has 0 aromatic carbocycles. The van der Waals surface area contributed by atoms with Crippen molar-refractivity contribution in [2.75, 3.05) is 5.32 Å². The Bertz CT molecular complexity index is 572. The van der Waals surface area contributed by atoms with Crippen molar-refractivity contribution in [1.82, 2.24) is 9.97 Å². The molecule has 0 bridgehead atoms. The van der Waals surface area contributed by atoms with Gasteiger partial charge in [0.2, 0.25) is 0 Å². The third kappa shape index (κ3) is 3.67. The molecule has 2 aromatic heterocycles. The Kier molecular flexibility index (Phi) is 4.11. The van der Waals surface area contributed by atoms with Crippen LogP contribution >= 0.6 is 22.9 Å². The van der Waals surface area contributed by atoms with E-state index in [1.54, 1.807) is 17.4 Å². The maximum absolute atomic E-state index is 6.06. The molecular weight excluding hydrogens is 278 g/mol. The Morgan fingerprint density at radius 1 is 1.26 bits per heavy atom. The van der Waals surface area contributed by atoms with E-state index in [-0.39, 0.29) is 5.41 Å². The third-order valence-electron chi connectivity index (χ3n) is 2.79. The minimum absolute atomic E-state index is 0.111. The van der Waals surface area contributed by atoms with Gasteiger partial charge in [0, 0.05) is 18.0 Å². The molecule has 0 aliphatic carbocycles. The number of halogens is 1. The van der Waals surface area contributed by atoms with Crippen LogP contribution in [0.1, 0.15) is 37.7 Å². The van der Waals surface area contributed by atoms with Gasteiger partial charge in [0.25, 0.3) is 0 Å². The molecule has 0 radical (unpaired) electrons. The normalized spacial score (nSPS) is 11.6. The average molecular weight is 296 g/mol. The van der Waals surface area contributed by atoms with Gasteiger partial charge in [-0.15, -0.1) is 0 Å². The summed E-state index contributed by atoms with van der Waals surface area (Å²) < 4.78 is 0. The molecule has 0 aliphatic heterocycles. The van der Waals surface area contributed by atoms with E-state index in [9.17, 15) is 0 Å². The number of hydrogen-bond acceptors (Lipinski definition) is 4. The number of rotatable bonds is 3. The highest BCUT2D eigenvalue weighted by Gasteiger charge is 2.18. The first-order valence-corrected chi connectivity index (χ1v) is 7.49. The Morgan fingerprint density at radius 3 is 2.58 bits per heavy atom. The van der Waals surface area contributed by atoms with Crippen molar-refractivity contribution < 1.29 is 0 Å². The zero-order valence-corrected chi connectivity index (χ0v) is 13.2. The summed E-state index contributed by atoms with van der Waals surface area (Å²) in [5.74, 6) is 1.53. The smallest absolute Gasteiger partial charge is 0.137 e. The number of nitrogens with one attached hydrogen (secondary N) is 1. The Labute approximate surface area is 123 Å². The lowest BCUT2D eigenvalue weighted by atomic mass is 9.96. The molecule has 0 saturated heterocycles. The van der Waals surface area contributed by atoms with Gasteiger partial charge in [0.1, 0.15) is 16.8 Å². The molecule has 102 valence electrons. The van der Waals surface area contributed by atoms with Crippen molar-refractivity contribution >= 4 is 28.8 Å².